The zero-order chi connectivity index (χ0) is 11.9. The van der Waals surface area contributed by atoms with Crippen LogP contribution < -0.4 is 0 Å². The lowest BCUT2D eigenvalue weighted by Crippen LogP contribution is -2.43. The first-order chi connectivity index (χ1) is 7.44. The minimum absolute atomic E-state index is 0.153. The van der Waals surface area contributed by atoms with Crippen molar-refractivity contribution in [1.82, 2.24) is 4.90 Å². The average Bonchev–Trinajstić information content (AvgIpc) is 2.50. The van der Waals surface area contributed by atoms with Crippen LogP contribution in [0.1, 0.15) is 39.5 Å². The Kier molecular flexibility index (Phi) is 2.93. The average molecular weight is 221 g/mol. The van der Waals surface area contributed by atoms with E-state index < -0.39 is 5.31 Å². The zero-order valence-corrected chi connectivity index (χ0v) is 10.4. The molecule has 1 saturated carbocycles. The first kappa shape index (κ1) is 11.8. The van der Waals surface area contributed by atoms with Gasteiger partial charge in [-0.05, 0) is 17.7 Å². The molecule has 1 heterocycles. The lowest BCUT2D eigenvalue weighted by atomic mass is 9.55. The molecule has 2 aliphatic rings. The fraction of sp³-hybridized carbons (Fsp3) is 0.917. The second-order valence-electron chi connectivity index (χ2n) is 5.53. The van der Waals surface area contributed by atoms with E-state index in [1.54, 1.807) is 4.90 Å². The summed E-state index contributed by atoms with van der Waals surface area (Å²) in [6.45, 7) is 4.18. The number of rotatable bonds is 0. The molecule has 1 amide bonds. The molecule has 4 atom stereocenters. The number of ether oxygens (including phenoxy) is 1. The predicted octanol–water partition coefficient (Wildman–Crippen LogP) is 2.36. The van der Waals surface area contributed by atoms with Gasteiger partial charge in [-0.1, -0.05) is 33.1 Å². The van der Waals surface area contributed by atoms with Crippen molar-refractivity contribution >= 4 is 13.9 Å². The van der Waals surface area contributed by atoms with E-state index in [4.69, 9.17) is 12.6 Å². The maximum Gasteiger partial charge on any atom is 0.410 e. The summed E-state index contributed by atoms with van der Waals surface area (Å²) in [5.74, 6) is 0.389. The number of hydrogen-bond donors (Lipinski definition) is 0. The summed E-state index contributed by atoms with van der Waals surface area (Å²) in [5, 5.41) is -0.411. The van der Waals surface area contributed by atoms with Crippen LogP contribution in [-0.2, 0) is 4.74 Å². The third-order valence-electron chi connectivity index (χ3n) is 4.42. The molecule has 0 aromatic rings. The molecule has 88 valence electrons. The lowest BCUT2D eigenvalue weighted by Gasteiger charge is -2.41. The molecule has 1 aliphatic heterocycles. The molecular formula is C12H20BNO2. The Balaban J connectivity index is 2.27. The maximum absolute atomic E-state index is 11.6. The molecule has 16 heavy (non-hydrogen) atoms. The van der Waals surface area contributed by atoms with Gasteiger partial charge in [-0.15, -0.1) is 0 Å². The highest BCUT2D eigenvalue weighted by Gasteiger charge is 2.49. The second-order valence-corrected chi connectivity index (χ2v) is 5.53. The molecule has 2 rings (SSSR count). The summed E-state index contributed by atoms with van der Waals surface area (Å²) in [4.78, 5) is 13.3. The van der Waals surface area contributed by atoms with Crippen molar-refractivity contribution in [2.75, 3.05) is 7.05 Å². The van der Waals surface area contributed by atoms with Crippen LogP contribution in [0.5, 0.6) is 0 Å². The van der Waals surface area contributed by atoms with Crippen molar-refractivity contribution in [3.8, 4) is 0 Å². The maximum atomic E-state index is 11.6. The third-order valence-corrected chi connectivity index (χ3v) is 4.42. The van der Waals surface area contributed by atoms with Crippen LogP contribution in [0.25, 0.3) is 0 Å². The first-order valence-corrected chi connectivity index (χ1v) is 6.17. The Morgan fingerprint density at radius 2 is 2.06 bits per heavy atom. The summed E-state index contributed by atoms with van der Waals surface area (Å²) < 4.78 is 5.46. The van der Waals surface area contributed by atoms with Gasteiger partial charge in [0.2, 0.25) is 0 Å². The number of hydrogen-bond acceptors (Lipinski definition) is 2. The normalized spacial score (nSPS) is 44.6. The lowest BCUT2D eigenvalue weighted by molar-refractivity contribution is 0.0742. The zero-order valence-electron chi connectivity index (χ0n) is 10.4. The molecule has 0 bridgehead atoms. The Labute approximate surface area is 98.9 Å². The third kappa shape index (κ3) is 1.72. The van der Waals surface area contributed by atoms with E-state index in [1.807, 2.05) is 14.0 Å². The van der Waals surface area contributed by atoms with Crippen LogP contribution in [-0.4, -0.2) is 38.0 Å². The fourth-order valence-electron chi connectivity index (χ4n) is 2.89. The highest BCUT2D eigenvalue weighted by molar-refractivity contribution is 6.16. The molecule has 0 spiro atoms. The molecule has 4 unspecified atom stereocenters. The summed E-state index contributed by atoms with van der Waals surface area (Å²) >= 11 is 0. The molecule has 2 radical (unpaired) electrons. The van der Waals surface area contributed by atoms with Crippen molar-refractivity contribution in [3.63, 3.8) is 0 Å². The van der Waals surface area contributed by atoms with Crippen LogP contribution in [0.2, 0.25) is 5.31 Å². The largest absolute Gasteiger partial charge is 0.444 e. The molecule has 0 aromatic carbocycles. The molecule has 0 N–H and O–H groups in total. The Bertz CT molecular complexity index is 293. The SMILES string of the molecule is [B]C1(C)C(C)CCCCC2C1OC(=O)N2C. The van der Waals surface area contributed by atoms with E-state index in [2.05, 4.69) is 6.92 Å². The minimum atomic E-state index is -0.411. The van der Waals surface area contributed by atoms with Gasteiger partial charge in [0.25, 0.3) is 0 Å². The number of carbonyl (C=O) groups excluding carboxylic acids is 1. The van der Waals surface area contributed by atoms with Gasteiger partial charge in [0.1, 0.15) is 6.10 Å². The molecule has 4 heteroatoms. The minimum Gasteiger partial charge on any atom is -0.444 e. The highest BCUT2D eigenvalue weighted by Crippen LogP contribution is 2.47. The fourth-order valence-corrected chi connectivity index (χ4v) is 2.89. The van der Waals surface area contributed by atoms with Gasteiger partial charge in [-0.3, -0.25) is 0 Å². The van der Waals surface area contributed by atoms with E-state index >= 15 is 0 Å². The van der Waals surface area contributed by atoms with E-state index in [-0.39, 0.29) is 18.2 Å². The van der Waals surface area contributed by atoms with Crippen LogP contribution in [0.4, 0.5) is 4.79 Å². The summed E-state index contributed by atoms with van der Waals surface area (Å²) in [6.07, 6.45) is 4.10. The van der Waals surface area contributed by atoms with Crippen LogP contribution in [0, 0.1) is 5.92 Å². The van der Waals surface area contributed by atoms with Gasteiger partial charge in [0, 0.05) is 7.05 Å². The number of nitrogens with zero attached hydrogens (tertiary/aromatic N) is 1. The molecule has 1 aliphatic carbocycles. The molecule has 3 nitrogen and oxygen atoms in total. The topological polar surface area (TPSA) is 29.5 Å². The van der Waals surface area contributed by atoms with Gasteiger partial charge in [0.15, 0.2) is 0 Å². The first-order valence-electron chi connectivity index (χ1n) is 6.17. The van der Waals surface area contributed by atoms with Crippen LogP contribution in [0.3, 0.4) is 0 Å². The van der Waals surface area contributed by atoms with E-state index in [1.165, 1.54) is 6.42 Å². The van der Waals surface area contributed by atoms with Crippen LogP contribution in [0.15, 0.2) is 0 Å². The quantitative estimate of drug-likeness (QED) is 0.587. The molecular weight excluding hydrogens is 201 g/mol. The van der Waals surface area contributed by atoms with E-state index in [0.29, 0.717) is 5.92 Å². The van der Waals surface area contributed by atoms with E-state index in [0.717, 1.165) is 19.3 Å². The van der Waals surface area contributed by atoms with Crippen molar-refractivity contribution in [3.05, 3.63) is 0 Å². The Morgan fingerprint density at radius 3 is 2.75 bits per heavy atom. The van der Waals surface area contributed by atoms with Gasteiger partial charge >= 0.3 is 6.09 Å². The van der Waals surface area contributed by atoms with E-state index in [9.17, 15) is 4.79 Å². The predicted molar refractivity (Wildman–Crippen MR) is 63.6 cm³/mol. The number of carbonyl (C=O) groups is 1. The summed E-state index contributed by atoms with van der Waals surface area (Å²) in [5.41, 5.74) is 0. The highest BCUT2D eigenvalue weighted by atomic mass is 16.6. The molecule has 1 saturated heterocycles. The van der Waals surface area contributed by atoms with Gasteiger partial charge < -0.3 is 9.64 Å². The molecule has 2 fully saturated rings. The summed E-state index contributed by atoms with van der Waals surface area (Å²) in [6, 6.07) is 0.158. The van der Waals surface area contributed by atoms with Crippen molar-refractivity contribution in [1.29, 1.82) is 0 Å². The van der Waals surface area contributed by atoms with Gasteiger partial charge in [0.05, 0.1) is 13.9 Å². The van der Waals surface area contributed by atoms with Crippen LogP contribution >= 0.6 is 0 Å². The number of likely N-dealkylation sites (N-methyl/N-ethyl adjacent to an activating group) is 1. The summed E-state index contributed by atoms with van der Waals surface area (Å²) in [7, 11) is 8.21. The smallest absolute Gasteiger partial charge is 0.410 e. The monoisotopic (exact) mass is 221 g/mol. The van der Waals surface area contributed by atoms with Crippen molar-refractivity contribution in [2.45, 2.75) is 57.0 Å². The van der Waals surface area contributed by atoms with Gasteiger partial charge in [-0.25, -0.2) is 4.79 Å². The second kappa shape index (κ2) is 3.97. The Hall–Kier alpha value is -0.665. The molecule has 0 aromatic heterocycles. The Morgan fingerprint density at radius 1 is 1.44 bits per heavy atom. The van der Waals surface area contributed by atoms with Crippen molar-refractivity contribution < 1.29 is 9.53 Å². The van der Waals surface area contributed by atoms with Gasteiger partial charge in [-0.2, -0.15) is 0 Å². The number of amides is 1. The number of fused-ring (bicyclic) bond motifs is 1. The van der Waals surface area contributed by atoms with Crippen molar-refractivity contribution in [2.24, 2.45) is 5.92 Å². The standard InChI is InChI=1S/C12H20BNO2/c1-8-6-4-5-7-9-10(12(8,2)13)16-11(15)14(9)3/h8-10H,4-7H2,1-3H3.